The molecule has 1 aromatic carbocycles. The van der Waals surface area contributed by atoms with Gasteiger partial charge in [0, 0.05) is 19.3 Å². The lowest BCUT2D eigenvalue weighted by atomic mass is 10.1. The van der Waals surface area contributed by atoms with E-state index in [1.807, 2.05) is 12.1 Å². The number of nitrogens with zero attached hydrogens (tertiary/aromatic N) is 1. The summed E-state index contributed by atoms with van der Waals surface area (Å²) in [6.45, 7) is 4.67. The molecule has 0 aliphatic rings. The minimum absolute atomic E-state index is 0.514. The lowest BCUT2D eigenvalue weighted by Crippen LogP contribution is -2.32. The number of hydrogen-bond donors (Lipinski definition) is 1. The summed E-state index contributed by atoms with van der Waals surface area (Å²) in [5, 5.41) is 3.25. The Labute approximate surface area is 112 Å². The van der Waals surface area contributed by atoms with Crippen LogP contribution in [0.4, 0.5) is 18.9 Å². The van der Waals surface area contributed by atoms with E-state index in [0.717, 1.165) is 12.1 Å². The first-order valence-electron chi connectivity index (χ1n) is 6.36. The van der Waals surface area contributed by atoms with Crippen LogP contribution < -0.4 is 10.2 Å². The number of nitrogens with one attached hydrogen (secondary N) is 1. The fourth-order valence-corrected chi connectivity index (χ4v) is 1.88. The Kier molecular flexibility index (Phi) is 5.66. The van der Waals surface area contributed by atoms with Crippen molar-refractivity contribution < 1.29 is 13.2 Å². The standard InChI is InChI=1S/C14H21F3N2/c1-11(2)8-18-9-12-6-4-5-7-13(12)19(3)10-14(15,16)17/h4-7,11,18H,8-10H2,1-3H3. The van der Waals surface area contributed by atoms with Gasteiger partial charge in [0.1, 0.15) is 6.54 Å². The van der Waals surface area contributed by atoms with E-state index in [9.17, 15) is 13.2 Å². The van der Waals surface area contributed by atoms with E-state index in [4.69, 9.17) is 0 Å². The molecule has 19 heavy (non-hydrogen) atoms. The van der Waals surface area contributed by atoms with E-state index in [-0.39, 0.29) is 0 Å². The SMILES string of the molecule is CC(C)CNCc1ccccc1N(C)CC(F)(F)F. The number of alkyl halides is 3. The van der Waals surface area contributed by atoms with Gasteiger partial charge in [-0.25, -0.2) is 0 Å². The maximum absolute atomic E-state index is 12.4. The highest BCUT2D eigenvalue weighted by molar-refractivity contribution is 5.53. The van der Waals surface area contributed by atoms with Crippen molar-refractivity contribution in [2.75, 3.05) is 25.0 Å². The van der Waals surface area contributed by atoms with E-state index < -0.39 is 12.7 Å². The van der Waals surface area contributed by atoms with Gasteiger partial charge in [-0.3, -0.25) is 0 Å². The van der Waals surface area contributed by atoms with Crippen molar-refractivity contribution in [1.29, 1.82) is 0 Å². The van der Waals surface area contributed by atoms with E-state index in [1.54, 1.807) is 12.1 Å². The lowest BCUT2D eigenvalue weighted by Gasteiger charge is -2.24. The van der Waals surface area contributed by atoms with Crippen LogP contribution in [0.15, 0.2) is 24.3 Å². The van der Waals surface area contributed by atoms with Gasteiger partial charge < -0.3 is 10.2 Å². The molecule has 1 N–H and O–H groups in total. The van der Waals surface area contributed by atoms with E-state index >= 15 is 0 Å². The Morgan fingerprint density at radius 1 is 1.21 bits per heavy atom. The van der Waals surface area contributed by atoms with Gasteiger partial charge >= 0.3 is 6.18 Å². The third kappa shape index (κ3) is 5.96. The zero-order chi connectivity index (χ0) is 14.5. The average molecular weight is 274 g/mol. The Morgan fingerprint density at radius 2 is 1.84 bits per heavy atom. The van der Waals surface area contributed by atoms with Crippen molar-refractivity contribution in [2.45, 2.75) is 26.6 Å². The second-order valence-corrected chi connectivity index (χ2v) is 5.12. The van der Waals surface area contributed by atoms with Gasteiger partial charge in [-0.1, -0.05) is 32.0 Å². The van der Waals surface area contributed by atoms with Gasteiger partial charge in [-0.2, -0.15) is 13.2 Å². The predicted molar refractivity (Wildman–Crippen MR) is 72.3 cm³/mol. The molecule has 0 aliphatic heterocycles. The Morgan fingerprint density at radius 3 is 2.42 bits per heavy atom. The first-order chi connectivity index (χ1) is 8.79. The van der Waals surface area contributed by atoms with Crippen LogP contribution in [0, 0.1) is 5.92 Å². The zero-order valence-corrected chi connectivity index (χ0v) is 11.6. The highest BCUT2D eigenvalue weighted by atomic mass is 19.4. The van der Waals surface area contributed by atoms with Crippen LogP contribution in [0.2, 0.25) is 0 Å². The van der Waals surface area contributed by atoms with E-state index in [0.29, 0.717) is 18.2 Å². The zero-order valence-electron chi connectivity index (χ0n) is 11.6. The highest BCUT2D eigenvalue weighted by Crippen LogP contribution is 2.23. The van der Waals surface area contributed by atoms with Crippen LogP contribution in [0.25, 0.3) is 0 Å². The molecule has 0 heterocycles. The maximum Gasteiger partial charge on any atom is 0.405 e. The van der Waals surface area contributed by atoms with Gasteiger partial charge in [-0.15, -0.1) is 0 Å². The molecule has 0 atom stereocenters. The minimum Gasteiger partial charge on any atom is -0.365 e. The molecule has 0 aliphatic carbocycles. The van der Waals surface area contributed by atoms with E-state index in [2.05, 4.69) is 19.2 Å². The van der Waals surface area contributed by atoms with E-state index in [1.165, 1.54) is 11.9 Å². The van der Waals surface area contributed by atoms with Gasteiger partial charge in [0.05, 0.1) is 0 Å². The molecule has 108 valence electrons. The van der Waals surface area contributed by atoms with Crippen molar-refractivity contribution in [3.63, 3.8) is 0 Å². The molecular formula is C14H21F3N2. The molecule has 1 rings (SSSR count). The molecule has 0 bridgehead atoms. The molecule has 0 spiro atoms. The number of rotatable bonds is 6. The topological polar surface area (TPSA) is 15.3 Å². The smallest absolute Gasteiger partial charge is 0.365 e. The van der Waals surface area contributed by atoms with Crippen LogP contribution in [0.1, 0.15) is 19.4 Å². The maximum atomic E-state index is 12.4. The fourth-order valence-electron chi connectivity index (χ4n) is 1.88. The molecule has 0 amide bonds. The normalized spacial score (nSPS) is 11.9. The minimum atomic E-state index is -4.19. The van der Waals surface area contributed by atoms with Crippen molar-refractivity contribution in [1.82, 2.24) is 5.32 Å². The fraction of sp³-hybridized carbons (Fsp3) is 0.571. The quantitative estimate of drug-likeness (QED) is 0.855. The van der Waals surface area contributed by atoms with Gasteiger partial charge in [0.15, 0.2) is 0 Å². The van der Waals surface area contributed by atoms with Gasteiger partial charge in [0.25, 0.3) is 0 Å². The van der Waals surface area contributed by atoms with Crippen LogP contribution in [-0.2, 0) is 6.54 Å². The molecule has 0 aromatic heterocycles. The molecule has 0 saturated carbocycles. The summed E-state index contributed by atoms with van der Waals surface area (Å²) in [6.07, 6.45) is -4.19. The van der Waals surface area contributed by atoms with Crippen molar-refractivity contribution >= 4 is 5.69 Å². The second kappa shape index (κ2) is 6.80. The van der Waals surface area contributed by atoms with Crippen LogP contribution in [0.5, 0.6) is 0 Å². The number of hydrogen-bond acceptors (Lipinski definition) is 2. The summed E-state index contributed by atoms with van der Waals surface area (Å²) >= 11 is 0. The summed E-state index contributed by atoms with van der Waals surface area (Å²) in [5.74, 6) is 0.514. The number of anilines is 1. The number of halogens is 3. The largest absolute Gasteiger partial charge is 0.405 e. The average Bonchev–Trinajstić information content (AvgIpc) is 2.26. The molecule has 1 aromatic rings. The molecular weight excluding hydrogens is 253 g/mol. The summed E-state index contributed by atoms with van der Waals surface area (Å²) in [5.41, 5.74) is 1.51. The van der Waals surface area contributed by atoms with Gasteiger partial charge in [0.2, 0.25) is 0 Å². The first kappa shape index (κ1) is 15.8. The van der Waals surface area contributed by atoms with Crippen molar-refractivity contribution in [3.8, 4) is 0 Å². The lowest BCUT2D eigenvalue weighted by molar-refractivity contribution is -0.119. The molecule has 0 unspecified atom stereocenters. The van der Waals surface area contributed by atoms with Crippen molar-refractivity contribution in [3.05, 3.63) is 29.8 Å². The molecule has 0 fully saturated rings. The second-order valence-electron chi connectivity index (χ2n) is 5.12. The molecule has 0 radical (unpaired) electrons. The summed E-state index contributed by atoms with van der Waals surface area (Å²) < 4.78 is 37.3. The monoisotopic (exact) mass is 274 g/mol. The third-order valence-electron chi connectivity index (χ3n) is 2.69. The van der Waals surface area contributed by atoms with Gasteiger partial charge in [-0.05, 0) is 24.1 Å². The molecule has 2 nitrogen and oxygen atoms in total. The van der Waals surface area contributed by atoms with Crippen LogP contribution in [-0.4, -0.2) is 26.3 Å². The summed E-state index contributed by atoms with van der Waals surface area (Å²) in [6, 6.07) is 7.18. The van der Waals surface area contributed by atoms with Crippen LogP contribution >= 0.6 is 0 Å². The Balaban J connectivity index is 2.72. The Bertz CT molecular complexity index is 389. The molecule has 5 heteroatoms. The number of para-hydroxylation sites is 1. The number of benzene rings is 1. The Hall–Kier alpha value is -1.23. The predicted octanol–water partition coefficient (Wildman–Crippen LogP) is 3.43. The van der Waals surface area contributed by atoms with Crippen LogP contribution in [0.3, 0.4) is 0 Å². The summed E-state index contributed by atoms with van der Waals surface area (Å²) in [4.78, 5) is 1.24. The van der Waals surface area contributed by atoms with Crippen molar-refractivity contribution in [2.24, 2.45) is 5.92 Å². The summed E-state index contributed by atoms with van der Waals surface area (Å²) in [7, 11) is 1.47. The third-order valence-corrected chi connectivity index (χ3v) is 2.69. The molecule has 0 saturated heterocycles. The first-order valence-corrected chi connectivity index (χ1v) is 6.36. The highest BCUT2D eigenvalue weighted by Gasteiger charge is 2.29.